The van der Waals surface area contributed by atoms with Gasteiger partial charge in [0.25, 0.3) is 0 Å². The fraction of sp³-hybridized carbons (Fsp3) is 0.150. The van der Waals surface area contributed by atoms with E-state index in [1.165, 1.54) is 10.7 Å². The Morgan fingerprint density at radius 1 is 1.11 bits per heavy atom. The monoisotopic (exact) mass is 402 g/mol. The quantitative estimate of drug-likeness (QED) is 0.461. The summed E-state index contributed by atoms with van der Waals surface area (Å²) in [6.07, 6.45) is 0. The average Bonchev–Trinajstić information content (AvgIpc) is 2.93. The SMILES string of the molecule is Cc1nn(C)c(COC(=O)c2ccccc2)c1C(=O)c1ccc(Cl)cc1Cl. The summed E-state index contributed by atoms with van der Waals surface area (Å²) in [5.41, 5.74) is 2.13. The van der Waals surface area contributed by atoms with E-state index in [9.17, 15) is 9.59 Å². The van der Waals surface area contributed by atoms with Crippen LogP contribution in [0.4, 0.5) is 0 Å². The molecule has 0 spiro atoms. The second-order valence-electron chi connectivity index (χ2n) is 5.93. The standard InChI is InChI=1S/C20H16Cl2N2O3/c1-12-18(19(25)15-9-8-14(21)10-16(15)22)17(24(2)23-12)11-27-20(26)13-6-4-3-5-7-13/h3-10H,11H2,1-2H3. The average molecular weight is 403 g/mol. The Hall–Kier alpha value is -2.63. The third kappa shape index (κ3) is 4.04. The minimum absolute atomic E-state index is 0.0860. The van der Waals surface area contributed by atoms with E-state index < -0.39 is 5.97 Å². The molecule has 3 aromatic rings. The van der Waals surface area contributed by atoms with Gasteiger partial charge in [-0.05, 0) is 37.3 Å². The number of benzene rings is 2. The molecule has 0 amide bonds. The predicted molar refractivity (Wildman–Crippen MR) is 103 cm³/mol. The van der Waals surface area contributed by atoms with Crippen LogP contribution in [0.5, 0.6) is 0 Å². The maximum atomic E-state index is 13.0. The van der Waals surface area contributed by atoms with Crippen molar-refractivity contribution >= 4 is 35.0 Å². The molecule has 0 unspecified atom stereocenters. The molecular formula is C20H16Cl2N2O3. The van der Waals surface area contributed by atoms with E-state index in [1.807, 2.05) is 6.07 Å². The van der Waals surface area contributed by atoms with Gasteiger partial charge in [-0.1, -0.05) is 41.4 Å². The van der Waals surface area contributed by atoms with Crippen molar-refractivity contribution in [1.29, 1.82) is 0 Å². The Kier molecular flexibility index (Phi) is 5.63. The summed E-state index contributed by atoms with van der Waals surface area (Å²) in [6, 6.07) is 13.3. The number of nitrogens with zero attached hydrogens (tertiary/aromatic N) is 2. The summed E-state index contributed by atoms with van der Waals surface area (Å²) >= 11 is 12.1. The second-order valence-corrected chi connectivity index (χ2v) is 6.77. The van der Waals surface area contributed by atoms with Crippen molar-refractivity contribution in [3.8, 4) is 0 Å². The van der Waals surface area contributed by atoms with Crippen LogP contribution in [0.2, 0.25) is 10.0 Å². The van der Waals surface area contributed by atoms with Crippen LogP contribution >= 0.6 is 23.2 Å². The van der Waals surface area contributed by atoms with Crippen LogP contribution in [0.15, 0.2) is 48.5 Å². The Balaban J connectivity index is 1.89. The number of aryl methyl sites for hydroxylation is 2. The molecule has 0 aliphatic rings. The first kappa shape index (κ1) is 19.1. The molecule has 138 valence electrons. The first-order valence-electron chi connectivity index (χ1n) is 8.13. The molecular weight excluding hydrogens is 387 g/mol. The highest BCUT2D eigenvalue weighted by Gasteiger charge is 2.24. The van der Waals surface area contributed by atoms with Crippen molar-refractivity contribution in [1.82, 2.24) is 9.78 Å². The lowest BCUT2D eigenvalue weighted by Gasteiger charge is -2.09. The minimum Gasteiger partial charge on any atom is -0.456 e. The van der Waals surface area contributed by atoms with Gasteiger partial charge in [-0.15, -0.1) is 0 Å². The second kappa shape index (κ2) is 7.94. The van der Waals surface area contributed by atoms with E-state index in [-0.39, 0.29) is 17.4 Å². The lowest BCUT2D eigenvalue weighted by Crippen LogP contribution is -2.12. The van der Waals surface area contributed by atoms with Gasteiger partial charge < -0.3 is 4.74 Å². The van der Waals surface area contributed by atoms with Crippen molar-refractivity contribution in [2.75, 3.05) is 0 Å². The van der Waals surface area contributed by atoms with Gasteiger partial charge in [-0.25, -0.2) is 4.79 Å². The van der Waals surface area contributed by atoms with Gasteiger partial charge in [-0.3, -0.25) is 9.48 Å². The van der Waals surface area contributed by atoms with Crippen molar-refractivity contribution in [3.63, 3.8) is 0 Å². The van der Waals surface area contributed by atoms with Crippen LogP contribution < -0.4 is 0 Å². The van der Waals surface area contributed by atoms with Crippen LogP contribution in [0, 0.1) is 6.92 Å². The summed E-state index contributed by atoms with van der Waals surface area (Å²) in [7, 11) is 1.69. The number of halogens is 2. The molecule has 2 aromatic carbocycles. The van der Waals surface area contributed by atoms with Crippen LogP contribution in [0.1, 0.15) is 37.7 Å². The van der Waals surface area contributed by atoms with Crippen LogP contribution in [-0.2, 0) is 18.4 Å². The highest BCUT2D eigenvalue weighted by Crippen LogP contribution is 2.26. The van der Waals surface area contributed by atoms with E-state index in [2.05, 4.69) is 5.10 Å². The molecule has 0 bridgehead atoms. The van der Waals surface area contributed by atoms with Crippen LogP contribution in [0.25, 0.3) is 0 Å². The Bertz CT molecular complexity index is 1010. The first-order chi connectivity index (χ1) is 12.9. The fourth-order valence-corrected chi connectivity index (χ4v) is 3.26. The summed E-state index contributed by atoms with van der Waals surface area (Å²) in [4.78, 5) is 25.2. The van der Waals surface area contributed by atoms with Crippen molar-refractivity contribution in [2.24, 2.45) is 7.05 Å². The smallest absolute Gasteiger partial charge is 0.338 e. The molecule has 3 rings (SSSR count). The number of rotatable bonds is 5. The molecule has 0 aliphatic heterocycles. The Labute approximate surface area is 166 Å². The van der Waals surface area contributed by atoms with Crippen molar-refractivity contribution < 1.29 is 14.3 Å². The molecule has 0 atom stereocenters. The maximum Gasteiger partial charge on any atom is 0.338 e. The number of hydrogen-bond acceptors (Lipinski definition) is 4. The lowest BCUT2D eigenvalue weighted by molar-refractivity contribution is 0.0461. The predicted octanol–water partition coefficient (Wildman–Crippen LogP) is 4.62. The molecule has 1 heterocycles. The summed E-state index contributed by atoms with van der Waals surface area (Å²) in [5, 5.41) is 4.98. The van der Waals surface area contributed by atoms with Crippen LogP contribution in [-0.4, -0.2) is 21.5 Å². The highest BCUT2D eigenvalue weighted by molar-refractivity contribution is 6.37. The van der Waals surface area contributed by atoms with Crippen LogP contribution in [0.3, 0.4) is 0 Å². The molecule has 0 fully saturated rings. The Morgan fingerprint density at radius 2 is 1.81 bits per heavy atom. The fourth-order valence-electron chi connectivity index (χ4n) is 2.77. The molecule has 0 aliphatic carbocycles. The Morgan fingerprint density at radius 3 is 2.48 bits per heavy atom. The van der Waals surface area contributed by atoms with E-state index in [4.69, 9.17) is 27.9 Å². The van der Waals surface area contributed by atoms with Gasteiger partial charge in [0, 0.05) is 17.6 Å². The van der Waals surface area contributed by atoms with Gasteiger partial charge in [-0.2, -0.15) is 5.10 Å². The van der Waals surface area contributed by atoms with E-state index in [1.54, 1.807) is 50.4 Å². The zero-order valence-corrected chi connectivity index (χ0v) is 16.2. The van der Waals surface area contributed by atoms with Crippen molar-refractivity contribution in [2.45, 2.75) is 13.5 Å². The van der Waals surface area contributed by atoms with E-state index in [0.29, 0.717) is 33.1 Å². The third-order valence-corrected chi connectivity index (χ3v) is 4.64. The summed E-state index contributed by atoms with van der Waals surface area (Å²) < 4.78 is 6.91. The van der Waals surface area contributed by atoms with E-state index >= 15 is 0 Å². The molecule has 0 saturated heterocycles. The van der Waals surface area contributed by atoms with Gasteiger partial charge in [0.1, 0.15) is 6.61 Å². The molecule has 1 aromatic heterocycles. The topological polar surface area (TPSA) is 61.2 Å². The molecule has 27 heavy (non-hydrogen) atoms. The third-order valence-electron chi connectivity index (χ3n) is 4.09. The highest BCUT2D eigenvalue weighted by atomic mass is 35.5. The van der Waals surface area contributed by atoms with E-state index in [0.717, 1.165) is 0 Å². The molecule has 0 saturated carbocycles. The number of hydrogen-bond donors (Lipinski definition) is 0. The van der Waals surface area contributed by atoms with Gasteiger partial charge in [0.15, 0.2) is 5.78 Å². The first-order valence-corrected chi connectivity index (χ1v) is 8.88. The molecule has 5 nitrogen and oxygen atoms in total. The number of aromatic nitrogens is 2. The molecule has 0 radical (unpaired) electrons. The number of carbonyl (C=O) groups excluding carboxylic acids is 2. The maximum absolute atomic E-state index is 13.0. The number of ketones is 1. The minimum atomic E-state index is -0.475. The zero-order valence-electron chi connectivity index (χ0n) is 14.7. The number of carbonyl (C=O) groups is 2. The zero-order chi connectivity index (χ0) is 19.6. The van der Waals surface area contributed by atoms with Gasteiger partial charge >= 0.3 is 5.97 Å². The largest absolute Gasteiger partial charge is 0.456 e. The van der Waals surface area contributed by atoms with Crippen molar-refractivity contribution in [3.05, 3.63) is 86.7 Å². The van der Waals surface area contributed by atoms with Gasteiger partial charge in [0.2, 0.25) is 0 Å². The molecule has 0 N–H and O–H groups in total. The summed E-state index contributed by atoms with van der Waals surface area (Å²) in [5.74, 6) is -0.773. The number of ether oxygens (including phenoxy) is 1. The molecule has 7 heteroatoms. The number of esters is 1. The lowest BCUT2D eigenvalue weighted by atomic mass is 10.0. The normalized spacial score (nSPS) is 10.7. The van der Waals surface area contributed by atoms with Gasteiger partial charge in [0.05, 0.1) is 27.5 Å². The summed E-state index contributed by atoms with van der Waals surface area (Å²) in [6.45, 7) is 1.64.